The van der Waals surface area contributed by atoms with Crippen molar-refractivity contribution in [3.63, 3.8) is 0 Å². The van der Waals surface area contributed by atoms with E-state index in [-0.39, 0.29) is 11.7 Å². The molecule has 1 fully saturated rings. The normalized spacial score (nSPS) is 39.5. The van der Waals surface area contributed by atoms with Crippen LogP contribution in [-0.4, -0.2) is 11.7 Å². The second kappa shape index (κ2) is 0.784. The van der Waals surface area contributed by atoms with Gasteiger partial charge in [-0.15, -0.1) is 0 Å². The zero-order valence-corrected chi connectivity index (χ0v) is 3.90. The fourth-order valence-electron chi connectivity index (χ4n) is 0.291. The molecule has 6 heavy (non-hydrogen) atoms. The molecule has 1 heteroatoms. The second-order valence-corrected chi connectivity index (χ2v) is 1.92. The van der Waals surface area contributed by atoms with Gasteiger partial charge in [-0.3, -0.25) is 0 Å². The second-order valence-electron chi connectivity index (χ2n) is 1.92. The number of hydrogen-bond donors (Lipinski definition) is 0. The third-order valence-corrected chi connectivity index (χ3v) is 1.04. The summed E-state index contributed by atoms with van der Waals surface area (Å²) < 4.78 is 4.88. The number of ether oxygens (including phenoxy) is 1. The van der Waals surface area contributed by atoms with Crippen LogP contribution in [0.25, 0.3) is 0 Å². The van der Waals surface area contributed by atoms with Gasteiger partial charge in [-0.1, -0.05) is 0 Å². The lowest BCUT2D eigenvalue weighted by atomic mass is 10.2. The molecule has 34 valence electrons. The highest BCUT2D eigenvalue weighted by molar-refractivity contribution is 5.02. The van der Waals surface area contributed by atoms with Gasteiger partial charge < -0.3 is 4.74 Å². The summed E-state index contributed by atoms with van der Waals surface area (Å²) in [6.45, 7) is 9.22. The summed E-state index contributed by atoms with van der Waals surface area (Å²) in [5.41, 5.74) is -0.153. The minimum absolute atomic E-state index is 0.137. The molecule has 0 amide bonds. The first-order valence-corrected chi connectivity index (χ1v) is 1.99. The summed E-state index contributed by atoms with van der Waals surface area (Å²) in [6, 6.07) is 0. The molecule has 1 aliphatic heterocycles. The Morgan fingerprint density at radius 3 is 2.00 bits per heavy atom. The summed E-state index contributed by atoms with van der Waals surface area (Å²) in [5.74, 6) is 0. The standard InChI is InChI=1S/C5H8O/c1-4-5(2,3)6-4/h4H,1-2H2,3H3. The SMILES string of the molecule is [CH2]C1OC1([CH2])C. The average molecular weight is 84.1 g/mol. The van der Waals surface area contributed by atoms with Gasteiger partial charge in [0, 0.05) is 0 Å². The molecule has 2 radical (unpaired) electrons. The lowest BCUT2D eigenvalue weighted by molar-refractivity contribution is 0.353. The fourth-order valence-corrected chi connectivity index (χ4v) is 0.291. The van der Waals surface area contributed by atoms with Crippen molar-refractivity contribution in [2.75, 3.05) is 0 Å². The minimum Gasteiger partial charge on any atom is -0.366 e. The van der Waals surface area contributed by atoms with E-state index in [0.29, 0.717) is 0 Å². The van der Waals surface area contributed by atoms with E-state index >= 15 is 0 Å². The molecule has 2 unspecified atom stereocenters. The van der Waals surface area contributed by atoms with Crippen LogP contribution in [0, 0.1) is 13.8 Å². The van der Waals surface area contributed by atoms with E-state index in [9.17, 15) is 0 Å². The molecule has 2 atom stereocenters. The van der Waals surface area contributed by atoms with Crippen molar-refractivity contribution in [2.45, 2.75) is 18.6 Å². The van der Waals surface area contributed by atoms with Gasteiger partial charge in [0.2, 0.25) is 0 Å². The molecule has 0 spiro atoms. The van der Waals surface area contributed by atoms with Crippen molar-refractivity contribution in [3.8, 4) is 0 Å². The van der Waals surface area contributed by atoms with Gasteiger partial charge in [0.05, 0.1) is 11.7 Å². The lowest BCUT2D eigenvalue weighted by Gasteiger charge is -1.84. The Labute approximate surface area is 38.3 Å². The lowest BCUT2D eigenvalue weighted by Crippen LogP contribution is -1.98. The Balaban J connectivity index is 2.41. The minimum atomic E-state index is -0.153. The molecule has 0 bridgehead atoms. The molecule has 1 rings (SSSR count). The molecule has 0 aromatic carbocycles. The first-order chi connectivity index (χ1) is 2.63. The zero-order chi connectivity index (χ0) is 4.78. The summed E-state index contributed by atoms with van der Waals surface area (Å²) in [6.07, 6.45) is 0.137. The van der Waals surface area contributed by atoms with Crippen LogP contribution >= 0.6 is 0 Å². The van der Waals surface area contributed by atoms with Crippen molar-refractivity contribution in [2.24, 2.45) is 0 Å². The Morgan fingerprint density at radius 1 is 1.83 bits per heavy atom. The van der Waals surface area contributed by atoms with E-state index in [1.165, 1.54) is 0 Å². The van der Waals surface area contributed by atoms with Gasteiger partial charge in [-0.2, -0.15) is 0 Å². The van der Waals surface area contributed by atoms with E-state index in [1.807, 2.05) is 6.92 Å². The molecule has 1 nitrogen and oxygen atoms in total. The van der Waals surface area contributed by atoms with Gasteiger partial charge in [0.15, 0.2) is 0 Å². The van der Waals surface area contributed by atoms with Crippen LogP contribution < -0.4 is 0 Å². The van der Waals surface area contributed by atoms with Crippen LogP contribution in [0.3, 0.4) is 0 Å². The molecule has 0 aliphatic carbocycles. The van der Waals surface area contributed by atoms with Crippen molar-refractivity contribution >= 4 is 0 Å². The van der Waals surface area contributed by atoms with Crippen LogP contribution in [0.4, 0.5) is 0 Å². The van der Waals surface area contributed by atoms with Gasteiger partial charge in [0.25, 0.3) is 0 Å². The summed E-state index contributed by atoms with van der Waals surface area (Å²) in [7, 11) is 0. The number of rotatable bonds is 0. The van der Waals surface area contributed by atoms with Crippen LogP contribution in [0.15, 0.2) is 0 Å². The maximum atomic E-state index is 4.88. The highest BCUT2D eigenvalue weighted by atomic mass is 16.6. The van der Waals surface area contributed by atoms with Crippen molar-refractivity contribution in [1.29, 1.82) is 0 Å². The van der Waals surface area contributed by atoms with Gasteiger partial charge >= 0.3 is 0 Å². The zero-order valence-electron chi connectivity index (χ0n) is 3.90. The van der Waals surface area contributed by atoms with Crippen LogP contribution in [0.5, 0.6) is 0 Å². The molecule has 0 aromatic rings. The van der Waals surface area contributed by atoms with E-state index < -0.39 is 0 Å². The number of epoxide rings is 1. The monoisotopic (exact) mass is 84.1 g/mol. The Bertz CT molecular complexity index is 66.3. The van der Waals surface area contributed by atoms with Crippen molar-refractivity contribution < 1.29 is 4.74 Å². The smallest absolute Gasteiger partial charge is 0.0921 e. The average Bonchev–Trinajstić information content (AvgIpc) is 1.73. The molecule has 0 saturated carbocycles. The fraction of sp³-hybridized carbons (Fsp3) is 0.600. The summed E-state index contributed by atoms with van der Waals surface area (Å²) in [4.78, 5) is 0. The molecule has 1 saturated heterocycles. The molecule has 0 N–H and O–H groups in total. The van der Waals surface area contributed by atoms with Crippen LogP contribution in [-0.2, 0) is 4.74 Å². The molecule has 0 aromatic heterocycles. The Kier molecular flexibility index (Phi) is 0.539. The maximum absolute atomic E-state index is 4.88. The first kappa shape index (κ1) is 4.13. The van der Waals surface area contributed by atoms with Gasteiger partial charge in [-0.25, -0.2) is 0 Å². The van der Waals surface area contributed by atoms with Crippen molar-refractivity contribution in [3.05, 3.63) is 13.8 Å². The largest absolute Gasteiger partial charge is 0.366 e. The topological polar surface area (TPSA) is 12.5 Å². The Morgan fingerprint density at radius 2 is 2.00 bits per heavy atom. The molecule has 1 heterocycles. The summed E-state index contributed by atoms with van der Waals surface area (Å²) in [5, 5.41) is 0. The predicted molar refractivity (Wildman–Crippen MR) is 24.0 cm³/mol. The van der Waals surface area contributed by atoms with Crippen molar-refractivity contribution in [1.82, 2.24) is 0 Å². The summed E-state index contributed by atoms with van der Waals surface area (Å²) >= 11 is 0. The molecular formula is C5H8O. The Hall–Kier alpha value is -0.0400. The third kappa shape index (κ3) is 0.432. The van der Waals surface area contributed by atoms with Gasteiger partial charge in [-0.05, 0) is 20.8 Å². The number of hydrogen-bond acceptors (Lipinski definition) is 1. The molecule has 1 aliphatic rings. The van der Waals surface area contributed by atoms with E-state index in [2.05, 4.69) is 13.8 Å². The maximum Gasteiger partial charge on any atom is 0.0921 e. The van der Waals surface area contributed by atoms with E-state index in [1.54, 1.807) is 0 Å². The predicted octanol–water partition coefficient (Wildman–Crippen LogP) is 0.812. The van der Waals surface area contributed by atoms with Crippen LogP contribution in [0.2, 0.25) is 0 Å². The van der Waals surface area contributed by atoms with Crippen LogP contribution in [0.1, 0.15) is 6.92 Å². The third-order valence-electron chi connectivity index (χ3n) is 1.04. The quantitative estimate of drug-likeness (QED) is 0.396. The first-order valence-electron chi connectivity index (χ1n) is 1.99. The highest BCUT2D eigenvalue weighted by Gasteiger charge is 2.43. The van der Waals surface area contributed by atoms with E-state index in [0.717, 1.165) is 0 Å². The molecular weight excluding hydrogens is 76.1 g/mol. The highest BCUT2D eigenvalue weighted by Crippen LogP contribution is 2.33. The van der Waals surface area contributed by atoms with E-state index in [4.69, 9.17) is 4.74 Å². The van der Waals surface area contributed by atoms with Gasteiger partial charge in [0.1, 0.15) is 0 Å².